The van der Waals surface area contributed by atoms with E-state index in [9.17, 15) is 9.50 Å². The van der Waals surface area contributed by atoms with Crippen molar-refractivity contribution in [2.75, 3.05) is 5.32 Å². The molecule has 2 N–H and O–H groups in total. The van der Waals surface area contributed by atoms with Crippen molar-refractivity contribution >= 4 is 11.3 Å². The average Bonchev–Trinajstić information content (AvgIpc) is 3.09. The van der Waals surface area contributed by atoms with E-state index in [1.807, 2.05) is 28.8 Å². The van der Waals surface area contributed by atoms with Crippen LogP contribution in [0.25, 0.3) is 27.9 Å². The molecule has 0 amide bonds. The molecule has 4 rings (SSSR count). The summed E-state index contributed by atoms with van der Waals surface area (Å²) in [6.07, 6.45) is 2.91. The molecule has 0 saturated carbocycles. The van der Waals surface area contributed by atoms with E-state index in [1.54, 1.807) is 25.3 Å². The number of aromatic nitrogens is 3. The highest BCUT2D eigenvalue weighted by Gasteiger charge is 2.18. The Morgan fingerprint density at radius 1 is 1.10 bits per heavy atom. The summed E-state index contributed by atoms with van der Waals surface area (Å²) in [6, 6.07) is 16.4. The van der Waals surface area contributed by atoms with Crippen molar-refractivity contribution in [2.24, 2.45) is 0 Å². The van der Waals surface area contributed by atoms with Gasteiger partial charge >= 0.3 is 0 Å². The SMILES string of the molecule is CCCc1cccc2c(-c3ccnc(NC(C)O)c3)c(-c3ccc(F)cc3)nn12. The number of rotatable bonds is 6. The van der Waals surface area contributed by atoms with Gasteiger partial charge in [-0.25, -0.2) is 13.9 Å². The number of hydrogen-bond donors (Lipinski definition) is 2. The number of nitrogens with zero attached hydrogens (tertiary/aromatic N) is 3. The first kappa shape index (κ1) is 19.1. The third-order valence-corrected chi connectivity index (χ3v) is 4.77. The van der Waals surface area contributed by atoms with E-state index in [0.717, 1.165) is 46.4 Å². The number of aliphatic hydroxyl groups excluding tert-OH is 1. The minimum atomic E-state index is -0.714. The van der Waals surface area contributed by atoms with Gasteiger partial charge in [0.15, 0.2) is 0 Å². The van der Waals surface area contributed by atoms with Crippen LogP contribution in [0.3, 0.4) is 0 Å². The van der Waals surface area contributed by atoms with Gasteiger partial charge in [-0.3, -0.25) is 0 Å². The molecule has 29 heavy (non-hydrogen) atoms. The van der Waals surface area contributed by atoms with E-state index < -0.39 is 6.23 Å². The van der Waals surface area contributed by atoms with Crippen LogP contribution in [0.1, 0.15) is 26.0 Å². The van der Waals surface area contributed by atoms with Crippen molar-refractivity contribution in [3.05, 3.63) is 72.3 Å². The van der Waals surface area contributed by atoms with Crippen LogP contribution in [0.2, 0.25) is 0 Å². The van der Waals surface area contributed by atoms with Crippen LogP contribution in [0.4, 0.5) is 10.2 Å². The lowest BCUT2D eigenvalue weighted by Crippen LogP contribution is -2.14. The van der Waals surface area contributed by atoms with Crippen LogP contribution >= 0.6 is 0 Å². The van der Waals surface area contributed by atoms with E-state index in [2.05, 4.69) is 23.3 Å². The van der Waals surface area contributed by atoms with Gasteiger partial charge in [-0.2, -0.15) is 5.10 Å². The van der Waals surface area contributed by atoms with E-state index >= 15 is 0 Å². The van der Waals surface area contributed by atoms with E-state index in [4.69, 9.17) is 5.10 Å². The first-order chi connectivity index (χ1) is 14.1. The quantitative estimate of drug-likeness (QED) is 0.460. The molecule has 0 spiro atoms. The Morgan fingerprint density at radius 3 is 2.62 bits per heavy atom. The van der Waals surface area contributed by atoms with Gasteiger partial charge in [-0.15, -0.1) is 0 Å². The predicted octanol–water partition coefficient (Wildman–Crippen LogP) is 4.91. The molecule has 1 aromatic carbocycles. The van der Waals surface area contributed by atoms with Gasteiger partial charge in [0, 0.05) is 23.0 Å². The van der Waals surface area contributed by atoms with Crippen molar-refractivity contribution in [3.63, 3.8) is 0 Å². The molecule has 1 atom stereocenters. The van der Waals surface area contributed by atoms with Crippen molar-refractivity contribution < 1.29 is 9.50 Å². The first-order valence-corrected chi connectivity index (χ1v) is 9.74. The zero-order valence-electron chi connectivity index (χ0n) is 16.4. The molecule has 0 aliphatic rings. The van der Waals surface area contributed by atoms with Crippen LogP contribution in [-0.2, 0) is 6.42 Å². The molecule has 148 valence electrons. The predicted molar refractivity (Wildman–Crippen MR) is 113 cm³/mol. The van der Waals surface area contributed by atoms with Gasteiger partial charge in [0.25, 0.3) is 0 Å². The summed E-state index contributed by atoms with van der Waals surface area (Å²) >= 11 is 0. The van der Waals surface area contributed by atoms with Gasteiger partial charge in [-0.05, 0) is 67.4 Å². The number of nitrogens with one attached hydrogen (secondary N) is 1. The van der Waals surface area contributed by atoms with E-state index in [-0.39, 0.29) is 5.82 Å². The summed E-state index contributed by atoms with van der Waals surface area (Å²) in [6.45, 7) is 3.78. The van der Waals surface area contributed by atoms with Gasteiger partial charge in [-0.1, -0.05) is 19.4 Å². The minimum absolute atomic E-state index is 0.280. The average molecular weight is 390 g/mol. The first-order valence-electron chi connectivity index (χ1n) is 9.74. The second-order valence-electron chi connectivity index (χ2n) is 7.04. The third-order valence-electron chi connectivity index (χ3n) is 4.77. The van der Waals surface area contributed by atoms with Gasteiger partial charge in [0.05, 0.1) is 5.52 Å². The molecule has 4 aromatic rings. The maximum atomic E-state index is 13.5. The van der Waals surface area contributed by atoms with Crippen LogP contribution in [0.5, 0.6) is 0 Å². The lowest BCUT2D eigenvalue weighted by molar-refractivity contribution is 0.224. The molecule has 3 heterocycles. The number of anilines is 1. The van der Waals surface area contributed by atoms with Crippen molar-refractivity contribution in [1.82, 2.24) is 14.6 Å². The van der Waals surface area contributed by atoms with Crippen LogP contribution < -0.4 is 5.32 Å². The highest BCUT2D eigenvalue weighted by Crippen LogP contribution is 2.36. The second kappa shape index (κ2) is 8.01. The smallest absolute Gasteiger partial charge is 0.128 e. The minimum Gasteiger partial charge on any atom is -0.374 e. The zero-order chi connectivity index (χ0) is 20.4. The van der Waals surface area contributed by atoms with Gasteiger partial charge < -0.3 is 10.4 Å². The number of fused-ring (bicyclic) bond motifs is 1. The topological polar surface area (TPSA) is 62.5 Å². The molecule has 0 fully saturated rings. The standard InChI is InChI=1S/C23H23FN4O/c1-3-5-19-6-4-7-20-22(17-12-13-25-21(14-17)26-15(2)29)23(27-28(19)20)16-8-10-18(24)11-9-16/h4,6-15,29H,3,5H2,1-2H3,(H,25,26). The molecule has 0 aliphatic heterocycles. The summed E-state index contributed by atoms with van der Waals surface area (Å²) in [4.78, 5) is 4.28. The molecule has 0 saturated heterocycles. The number of pyridine rings is 2. The van der Waals surface area contributed by atoms with Crippen molar-refractivity contribution in [1.29, 1.82) is 0 Å². The Bertz CT molecular complexity index is 1140. The lowest BCUT2D eigenvalue weighted by Gasteiger charge is -2.10. The Hall–Kier alpha value is -3.25. The fraction of sp³-hybridized carbons (Fsp3) is 0.217. The molecular formula is C23H23FN4O. The van der Waals surface area contributed by atoms with E-state index in [0.29, 0.717) is 5.82 Å². The van der Waals surface area contributed by atoms with Gasteiger partial charge in [0.1, 0.15) is 23.6 Å². The number of hydrogen-bond acceptors (Lipinski definition) is 4. The third kappa shape index (κ3) is 3.84. The maximum absolute atomic E-state index is 13.5. The highest BCUT2D eigenvalue weighted by molar-refractivity contribution is 5.92. The fourth-order valence-corrected chi connectivity index (χ4v) is 3.54. The Balaban J connectivity index is 1.97. The van der Waals surface area contributed by atoms with Crippen molar-refractivity contribution in [3.8, 4) is 22.4 Å². The molecule has 1 unspecified atom stereocenters. The molecule has 5 nitrogen and oxygen atoms in total. The zero-order valence-corrected chi connectivity index (χ0v) is 16.4. The molecule has 0 aliphatic carbocycles. The number of aliphatic hydroxyl groups is 1. The fourth-order valence-electron chi connectivity index (χ4n) is 3.54. The van der Waals surface area contributed by atoms with Crippen molar-refractivity contribution in [2.45, 2.75) is 32.9 Å². The largest absolute Gasteiger partial charge is 0.374 e. The summed E-state index contributed by atoms with van der Waals surface area (Å²) in [5, 5.41) is 17.5. The number of benzene rings is 1. The lowest BCUT2D eigenvalue weighted by atomic mass is 10.00. The van der Waals surface area contributed by atoms with E-state index in [1.165, 1.54) is 12.1 Å². The molecular weight excluding hydrogens is 367 g/mol. The van der Waals surface area contributed by atoms with Crippen LogP contribution in [-0.4, -0.2) is 25.9 Å². The molecule has 6 heteroatoms. The molecule has 3 aromatic heterocycles. The highest BCUT2D eigenvalue weighted by atomic mass is 19.1. The summed E-state index contributed by atoms with van der Waals surface area (Å²) < 4.78 is 15.5. The van der Waals surface area contributed by atoms with Crippen LogP contribution in [0, 0.1) is 5.82 Å². The second-order valence-corrected chi connectivity index (χ2v) is 7.04. The monoisotopic (exact) mass is 390 g/mol. The van der Waals surface area contributed by atoms with Crippen LogP contribution in [0.15, 0.2) is 60.8 Å². The number of halogens is 1. The van der Waals surface area contributed by atoms with Gasteiger partial charge in [0.2, 0.25) is 0 Å². The summed E-state index contributed by atoms with van der Waals surface area (Å²) in [7, 11) is 0. The maximum Gasteiger partial charge on any atom is 0.128 e. The summed E-state index contributed by atoms with van der Waals surface area (Å²) in [5.41, 5.74) is 5.59. The molecule has 0 bridgehead atoms. The summed E-state index contributed by atoms with van der Waals surface area (Å²) in [5.74, 6) is 0.296. The Labute approximate surface area is 168 Å². The normalized spacial score (nSPS) is 12.3. The Kier molecular flexibility index (Phi) is 5.27. The Morgan fingerprint density at radius 2 is 1.90 bits per heavy atom. The number of aryl methyl sites for hydroxylation is 1. The molecule has 0 radical (unpaired) electrons.